The molecule has 0 heterocycles. The summed E-state index contributed by atoms with van der Waals surface area (Å²) < 4.78 is 0. The molecule has 16 heavy (non-hydrogen) atoms. The number of nitrogens with one attached hydrogen (secondary N) is 1. The summed E-state index contributed by atoms with van der Waals surface area (Å²) in [6.45, 7) is 2.71. The molecule has 0 saturated carbocycles. The monoisotopic (exact) mass is 217 g/mol. The van der Waals surface area contributed by atoms with E-state index in [9.17, 15) is 9.59 Å². The fraction of sp³-hybridized carbons (Fsp3) is 0.385. The molecule has 0 spiro atoms. The van der Waals surface area contributed by atoms with Gasteiger partial charge in [0.2, 0.25) is 0 Å². The van der Waals surface area contributed by atoms with Crippen LogP contribution in [-0.4, -0.2) is 24.2 Å². The molecule has 1 unspecified atom stereocenters. The van der Waals surface area contributed by atoms with Gasteiger partial charge in [-0.25, -0.2) is 0 Å². The maximum absolute atomic E-state index is 12.0. The smallest absolute Gasteiger partial charge is 0.187 e. The number of carbonyl (C=O) groups is 2. The fourth-order valence-electron chi connectivity index (χ4n) is 2.00. The number of fused-ring (bicyclic) bond motifs is 1. The second-order valence-corrected chi connectivity index (χ2v) is 4.05. The maximum atomic E-state index is 12.0. The van der Waals surface area contributed by atoms with Crippen molar-refractivity contribution >= 4 is 11.6 Å². The molecule has 1 aromatic rings. The van der Waals surface area contributed by atoms with E-state index in [1.54, 1.807) is 6.07 Å². The summed E-state index contributed by atoms with van der Waals surface area (Å²) in [4.78, 5) is 23.8. The largest absolute Gasteiger partial charge is 0.301 e. The van der Waals surface area contributed by atoms with Crippen molar-refractivity contribution in [2.45, 2.75) is 25.8 Å². The van der Waals surface area contributed by atoms with Crippen LogP contribution >= 0.6 is 0 Å². The maximum Gasteiger partial charge on any atom is 0.187 e. The molecule has 0 aliphatic heterocycles. The molecule has 3 heteroatoms. The Kier molecular flexibility index (Phi) is 3.15. The highest BCUT2D eigenvalue weighted by Gasteiger charge is 2.32. The van der Waals surface area contributed by atoms with Crippen molar-refractivity contribution in [2.75, 3.05) is 6.54 Å². The van der Waals surface area contributed by atoms with Gasteiger partial charge >= 0.3 is 0 Å². The first-order valence-electron chi connectivity index (χ1n) is 5.62. The van der Waals surface area contributed by atoms with Gasteiger partial charge in [-0.2, -0.15) is 0 Å². The van der Waals surface area contributed by atoms with Gasteiger partial charge in [0, 0.05) is 12.0 Å². The minimum absolute atomic E-state index is 0.0165. The molecule has 1 aliphatic carbocycles. The first kappa shape index (κ1) is 11.0. The molecule has 3 nitrogen and oxygen atoms in total. The molecule has 0 aromatic heterocycles. The van der Waals surface area contributed by atoms with E-state index in [-0.39, 0.29) is 11.6 Å². The molecule has 1 aromatic carbocycles. The minimum atomic E-state index is -0.630. The third-order valence-corrected chi connectivity index (χ3v) is 2.83. The van der Waals surface area contributed by atoms with Crippen LogP contribution in [0.1, 0.15) is 29.3 Å². The zero-order valence-corrected chi connectivity index (χ0v) is 9.32. The number of hydrogen-bond donors (Lipinski definition) is 1. The first-order valence-corrected chi connectivity index (χ1v) is 5.62. The zero-order valence-electron chi connectivity index (χ0n) is 9.32. The second kappa shape index (κ2) is 4.58. The van der Waals surface area contributed by atoms with Crippen molar-refractivity contribution in [1.29, 1.82) is 0 Å². The van der Waals surface area contributed by atoms with E-state index in [4.69, 9.17) is 0 Å². The Morgan fingerprint density at radius 2 is 2.06 bits per heavy atom. The van der Waals surface area contributed by atoms with Crippen LogP contribution in [0.15, 0.2) is 24.3 Å². The first-order chi connectivity index (χ1) is 7.74. The highest BCUT2D eigenvalue weighted by Crippen LogP contribution is 2.19. The minimum Gasteiger partial charge on any atom is -0.301 e. The molecule has 0 radical (unpaired) electrons. The number of ketones is 2. The van der Waals surface area contributed by atoms with Gasteiger partial charge in [0.15, 0.2) is 11.6 Å². The Bertz CT molecular complexity index is 426. The topological polar surface area (TPSA) is 46.2 Å². The molecule has 0 bridgehead atoms. The molecular formula is C13H15NO2. The van der Waals surface area contributed by atoms with Gasteiger partial charge in [0.1, 0.15) is 6.04 Å². The average molecular weight is 217 g/mol. The van der Waals surface area contributed by atoms with Crippen molar-refractivity contribution in [3.05, 3.63) is 35.4 Å². The zero-order chi connectivity index (χ0) is 11.5. The van der Waals surface area contributed by atoms with E-state index in [1.807, 2.05) is 25.1 Å². The molecule has 1 atom stereocenters. The third kappa shape index (κ3) is 1.91. The third-order valence-electron chi connectivity index (χ3n) is 2.83. The Hall–Kier alpha value is -1.48. The molecule has 0 saturated heterocycles. The molecule has 0 fully saturated rings. The van der Waals surface area contributed by atoms with Crippen molar-refractivity contribution < 1.29 is 9.59 Å². The Balaban J connectivity index is 2.27. The van der Waals surface area contributed by atoms with Crippen LogP contribution in [0, 0.1) is 0 Å². The molecule has 84 valence electrons. The van der Waals surface area contributed by atoms with E-state index < -0.39 is 6.04 Å². The quantitative estimate of drug-likeness (QED) is 0.778. The van der Waals surface area contributed by atoms with Gasteiger partial charge in [0.25, 0.3) is 0 Å². The van der Waals surface area contributed by atoms with Crippen molar-refractivity contribution in [2.24, 2.45) is 0 Å². The highest BCUT2D eigenvalue weighted by molar-refractivity contribution is 6.18. The predicted octanol–water partition coefficient (Wildman–Crippen LogP) is 1.36. The fourth-order valence-corrected chi connectivity index (χ4v) is 2.00. The van der Waals surface area contributed by atoms with Crippen LogP contribution in [-0.2, 0) is 11.2 Å². The summed E-state index contributed by atoms with van der Waals surface area (Å²) >= 11 is 0. The predicted molar refractivity (Wildman–Crippen MR) is 61.6 cm³/mol. The van der Waals surface area contributed by atoms with Crippen molar-refractivity contribution in [1.82, 2.24) is 5.32 Å². The van der Waals surface area contributed by atoms with E-state index in [2.05, 4.69) is 5.32 Å². The molecule has 2 rings (SSSR count). The highest BCUT2D eigenvalue weighted by atomic mass is 16.2. The van der Waals surface area contributed by atoms with Gasteiger partial charge in [-0.05, 0) is 18.5 Å². The Morgan fingerprint density at radius 3 is 2.81 bits per heavy atom. The Labute approximate surface area is 94.9 Å². The summed E-state index contributed by atoms with van der Waals surface area (Å²) in [5.74, 6) is -0.0996. The van der Waals surface area contributed by atoms with Crippen molar-refractivity contribution in [3.8, 4) is 0 Å². The molecule has 1 aliphatic rings. The van der Waals surface area contributed by atoms with Gasteiger partial charge < -0.3 is 5.32 Å². The van der Waals surface area contributed by atoms with Crippen LogP contribution in [0.5, 0.6) is 0 Å². The van der Waals surface area contributed by atoms with Gasteiger partial charge in [-0.3, -0.25) is 9.59 Å². The normalized spacial score (nSPS) is 19.7. The molecular weight excluding hydrogens is 202 g/mol. The van der Waals surface area contributed by atoms with Gasteiger partial charge in [-0.1, -0.05) is 31.2 Å². The lowest BCUT2D eigenvalue weighted by molar-refractivity contribution is -0.119. The number of carbonyl (C=O) groups excluding carboxylic acids is 2. The number of rotatable bonds is 3. The van der Waals surface area contributed by atoms with Crippen LogP contribution in [0.2, 0.25) is 0 Å². The summed E-state index contributed by atoms with van der Waals surface area (Å²) in [5, 5.41) is 3.01. The average Bonchev–Trinajstić information content (AvgIpc) is 2.29. The number of hydrogen-bond acceptors (Lipinski definition) is 3. The van der Waals surface area contributed by atoms with Crippen LogP contribution < -0.4 is 5.32 Å². The summed E-state index contributed by atoms with van der Waals surface area (Å²) in [5.41, 5.74) is 1.54. The Morgan fingerprint density at radius 1 is 1.31 bits per heavy atom. The lowest BCUT2D eigenvalue weighted by Crippen LogP contribution is -2.47. The summed E-state index contributed by atoms with van der Waals surface area (Å²) in [6, 6.07) is 6.71. The van der Waals surface area contributed by atoms with Gasteiger partial charge in [-0.15, -0.1) is 0 Å². The van der Waals surface area contributed by atoms with Crippen LogP contribution in [0.4, 0.5) is 0 Å². The standard InChI is InChI=1S/C13H15NO2/c1-2-7-14-12-11(15)8-9-5-3-4-6-10(9)13(12)16/h3-6,12,14H,2,7-8H2,1H3. The van der Waals surface area contributed by atoms with Gasteiger partial charge in [0.05, 0.1) is 0 Å². The number of Topliss-reactive ketones (excluding diaryl/α,β-unsaturated/α-hetero) is 2. The SMILES string of the molecule is CCCNC1C(=O)Cc2ccccc2C1=O. The van der Waals surface area contributed by atoms with E-state index >= 15 is 0 Å². The van der Waals surface area contributed by atoms with E-state index in [0.717, 1.165) is 12.0 Å². The summed E-state index contributed by atoms with van der Waals surface area (Å²) in [7, 11) is 0. The lowest BCUT2D eigenvalue weighted by atomic mass is 9.86. The summed E-state index contributed by atoms with van der Waals surface area (Å²) in [6.07, 6.45) is 1.28. The van der Waals surface area contributed by atoms with E-state index in [0.29, 0.717) is 18.5 Å². The van der Waals surface area contributed by atoms with E-state index in [1.165, 1.54) is 0 Å². The molecule has 1 N–H and O–H groups in total. The molecule has 0 amide bonds. The second-order valence-electron chi connectivity index (χ2n) is 4.05. The lowest BCUT2D eigenvalue weighted by Gasteiger charge is -2.22. The van der Waals surface area contributed by atoms with Crippen molar-refractivity contribution in [3.63, 3.8) is 0 Å². The van der Waals surface area contributed by atoms with Crippen LogP contribution in [0.3, 0.4) is 0 Å². The van der Waals surface area contributed by atoms with Crippen LogP contribution in [0.25, 0.3) is 0 Å². The number of benzene rings is 1.